The molecule has 2 nitrogen and oxygen atoms in total. The molecule has 1 saturated carbocycles. The van der Waals surface area contributed by atoms with E-state index >= 15 is 0 Å². The van der Waals surface area contributed by atoms with Gasteiger partial charge in [-0.05, 0) is 36.8 Å². The van der Waals surface area contributed by atoms with Gasteiger partial charge in [0.1, 0.15) is 12.4 Å². The summed E-state index contributed by atoms with van der Waals surface area (Å²) in [5.41, 5.74) is 0. The van der Waals surface area contributed by atoms with E-state index < -0.39 is 0 Å². The summed E-state index contributed by atoms with van der Waals surface area (Å²) in [5, 5.41) is 3.70. The summed E-state index contributed by atoms with van der Waals surface area (Å²) >= 11 is 0. The molecular weight excluding hydrogens is 234 g/mol. The molecule has 0 heterocycles. The lowest BCUT2D eigenvalue weighted by Crippen LogP contribution is -2.42. The lowest BCUT2D eigenvalue weighted by atomic mass is 9.78. The maximum atomic E-state index is 5.73. The van der Waals surface area contributed by atoms with Crippen molar-refractivity contribution < 1.29 is 4.74 Å². The summed E-state index contributed by atoms with van der Waals surface area (Å²) in [7, 11) is 0. The molecule has 2 atom stereocenters. The molecule has 0 spiro atoms. The van der Waals surface area contributed by atoms with Crippen LogP contribution in [0.25, 0.3) is 0 Å². The normalized spacial score (nSPS) is 23.5. The molecule has 0 radical (unpaired) electrons. The highest BCUT2D eigenvalue weighted by atomic mass is 16.5. The molecule has 2 rings (SSSR count). The molecule has 1 aliphatic rings. The number of benzene rings is 1. The predicted molar refractivity (Wildman–Crippen MR) is 80.5 cm³/mol. The Kier molecular flexibility index (Phi) is 5.71. The van der Waals surface area contributed by atoms with E-state index in [4.69, 9.17) is 4.74 Å². The van der Waals surface area contributed by atoms with E-state index in [0.29, 0.717) is 6.04 Å². The molecule has 19 heavy (non-hydrogen) atoms. The summed E-state index contributed by atoms with van der Waals surface area (Å²) < 4.78 is 5.73. The van der Waals surface area contributed by atoms with Gasteiger partial charge in [-0.15, -0.1) is 0 Å². The molecule has 2 heteroatoms. The van der Waals surface area contributed by atoms with E-state index in [2.05, 4.69) is 19.2 Å². The highest BCUT2D eigenvalue weighted by Crippen LogP contribution is 2.29. The van der Waals surface area contributed by atoms with Crippen LogP contribution in [0.5, 0.6) is 5.75 Å². The maximum Gasteiger partial charge on any atom is 0.119 e. The molecule has 0 aliphatic heterocycles. The van der Waals surface area contributed by atoms with E-state index in [0.717, 1.165) is 30.7 Å². The van der Waals surface area contributed by atoms with Crippen molar-refractivity contribution in [3.05, 3.63) is 30.3 Å². The van der Waals surface area contributed by atoms with Gasteiger partial charge < -0.3 is 10.1 Å². The fraction of sp³-hybridized carbons (Fsp3) is 0.647. The minimum atomic E-state index is 0.688. The van der Waals surface area contributed by atoms with Gasteiger partial charge in [0.2, 0.25) is 0 Å². The van der Waals surface area contributed by atoms with Gasteiger partial charge in [0, 0.05) is 12.6 Å². The Morgan fingerprint density at radius 3 is 2.63 bits per heavy atom. The third kappa shape index (κ3) is 4.54. The molecule has 0 amide bonds. The summed E-state index contributed by atoms with van der Waals surface area (Å²) in [5.74, 6) is 2.59. The lowest BCUT2D eigenvalue weighted by molar-refractivity contribution is 0.195. The van der Waals surface area contributed by atoms with Crippen molar-refractivity contribution in [2.24, 2.45) is 11.8 Å². The summed E-state index contributed by atoms with van der Waals surface area (Å²) in [4.78, 5) is 0. The van der Waals surface area contributed by atoms with Crippen LogP contribution < -0.4 is 10.1 Å². The number of para-hydroxylation sites is 1. The van der Waals surface area contributed by atoms with Crippen molar-refractivity contribution in [2.45, 2.75) is 45.6 Å². The third-order valence-electron chi connectivity index (χ3n) is 4.20. The van der Waals surface area contributed by atoms with Crippen molar-refractivity contribution in [3.8, 4) is 5.75 Å². The monoisotopic (exact) mass is 261 g/mol. The molecule has 0 aromatic heterocycles. The van der Waals surface area contributed by atoms with Crippen LogP contribution in [0.1, 0.15) is 39.5 Å². The van der Waals surface area contributed by atoms with Gasteiger partial charge in [0.25, 0.3) is 0 Å². The highest BCUT2D eigenvalue weighted by molar-refractivity contribution is 5.20. The van der Waals surface area contributed by atoms with Gasteiger partial charge >= 0.3 is 0 Å². The number of hydrogen-bond donors (Lipinski definition) is 1. The van der Waals surface area contributed by atoms with E-state index in [9.17, 15) is 0 Å². The average molecular weight is 261 g/mol. The first kappa shape index (κ1) is 14.4. The second kappa shape index (κ2) is 7.54. The van der Waals surface area contributed by atoms with E-state index in [1.807, 2.05) is 30.3 Å². The standard InChI is InChI=1S/C17H27NO/c1-14(2)16-10-6-7-11-17(16)18-12-13-19-15-8-4-3-5-9-15/h3-5,8-9,14,16-18H,6-7,10-13H2,1-2H3. The first-order chi connectivity index (χ1) is 9.27. The van der Waals surface area contributed by atoms with Crippen molar-refractivity contribution in [1.82, 2.24) is 5.32 Å². The summed E-state index contributed by atoms with van der Waals surface area (Å²) in [6.07, 6.45) is 5.49. The van der Waals surface area contributed by atoms with Crippen LogP contribution >= 0.6 is 0 Å². The molecule has 1 aromatic rings. The minimum Gasteiger partial charge on any atom is -0.492 e. The van der Waals surface area contributed by atoms with Crippen LogP contribution in [0.15, 0.2) is 30.3 Å². The van der Waals surface area contributed by atoms with Crippen molar-refractivity contribution in [1.29, 1.82) is 0 Å². The molecule has 1 aromatic carbocycles. The largest absolute Gasteiger partial charge is 0.492 e. The Bertz CT molecular complexity index is 350. The zero-order valence-corrected chi connectivity index (χ0v) is 12.3. The highest BCUT2D eigenvalue weighted by Gasteiger charge is 2.26. The topological polar surface area (TPSA) is 21.3 Å². The van der Waals surface area contributed by atoms with Gasteiger partial charge in [-0.25, -0.2) is 0 Å². The molecule has 0 bridgehead atoms. The molecule has 2 unspecified atom stereocenters. The zero-order chi connectivity index (χ0) is 13.5. The zero-order valence-electron chi connectivity index (χ0n) is 12.3. The quantitative estimate of drug-likeness (QED) is 0.785. The first-order valence-electron chi connectivity index (χ1n) is 7.68. The minimum absolute atomic E-state index is 0.688. The average Bonchev–Trinajstić information content (AvgIpc) is 2.45. The second-order valence-corrected chi connectivity index (χ2v) is 5.91. The van der Waals surface area contributed by atoms with Crippen LogP contribution in [0, 0.1) is 11.8 Å². The van der Waals surface area contributed by atoms with Gasteiger partial charge in [0.05, 0.1) is 0 Å². The van der Waals surface area contributed by atoms with Crippen LogP contribution in [-0.4, -0.2) is 19.2 Å². The van der Waals surface area contributed by atoms with Gasteiger partial charge in [0.15, 0.2) is 0 Å². The SMILES string of the molecule is CC(C)C1CCCCC1NCCOc1ccccc1. The van der Waals surface area contributed by atoms with Crippen LogP contribution in [0.2, 0.25) is 0 Å². The maximum absolute atomic E-state index is 5.73. The molecule has 1 aliphatic carbocycles. The van der Waals surface area contributed by atoms with E-state index in [-0.39, 0.29) is 0 Å². The second-order valence-electron chi connectivity index (χ2n) is 5.91. The van der Waals surface area contributed by atoms with Crippen LogP contribution in [0.3, 0.4) is 0 Å². The Morgan fingerprint density at radius 2 is 1.89 bits per heavy atom. The summed E-state index contributed by atoms with van der Waals surface area (Å²) in [6.45, 7) is 6.41. The predicted octanol–water partition coefficient (Wildman–Crippen LogP) is 3.87. The Balaban J connectivity index is 1.69. The Labute approximate surface area is 117 Å². The molecule has 1 N–H and O–H groups in total. The van der Waals surface area contributed by atoms with Gasteiger partial charge in [-0.1, -0.05) is 44.9 Å². The Hall–Kier alpha value is -1.02. The van der Waals surface area contributed by atoms with Crippen molar-refractivity contribution >= 4 is 0 Å². The van der Waals surface area contributed by atoms with Crippen molar-refractivity contribution in [2.75, 3.05) is 13.2 Å². The molecule has 1 fully saturated rings. The van der Waals surface area contributed by atoms with Crippen LogP contribution in [0.4, 0.5) is 0 Å². The van der Waals surface area contributed by atoms with Crippen molar-refractivity contribution in [3.63, 3.8) is 0 Å². The fourth-order valence-electron chi connectivity index (χ4n) is 3.14. The molecule has 0 saturated heterocycles. The molecular formula is C17H27NO. The number of hydrogen-bond acceptors (Lipinski definition) is 2. The fourth-order valence-corrected chi connectivity index (χ4v) is 3.14. The first-order valence-corrected chi connectivity index (χ1v) is 7.68. The third-order valence-corrected chi connectivity index (χ3v) is 4.20. The molecule has 106 valence electrons. The van der Waals surface area contributed by atoms with E-state index in [1.54, 1.807) is 0 Å². The summed E-state index contributed by atoms with van der Waals surface area (Å²) in [6, 6.07) is 10.8. The van der Waals surface area contributed by atoms with Crippen LogP contribution in [-0.2, 0) is 0 Å². The number of nitrogens with one attached hydrogen (secondary N) is 1. The number of rotatable bonds is 6. The lowest BCUT2D eigenvalue weighted by Gasteiger charge is -2.35. The Morgan fingerprint density at radius 1 is 1.16 bits per heavy atom. The van der Waals surface area contributed by atoms with Gasteiger partial charge in [-0.3, -0.25) is 0 Å². The van der Waals surface area contributed by atoms with Gasteiger partial charge in [-0.2, -0.15) is 0 Å². The number of ether oxygens (including phenoxy) is 1. The smallest absolute Gasteiger partial charge is 0.119 e. The van der Waals surface area contributed by atoms with E-state index in [1.165, 1.54) is 25.7 Å².